The molecule has 1 amide bonds. The molecule has 5 rings (SSSR count). The lowest BCUT2D eigenvalue weighted by Crippen LogP contribution is -2.30. The molecule has 2 aliphatic rings. The fourth-order valence-electron chi connectivity index (χ4n) is 6.17. The van der Waals surface area contributed by atoms with Crippen molar-refractivity contribution in [3.8, 4) is 0 Å². The summed E-state index contributed by atoms with van der Waals surface area (Å²) in [6.45, 7) is 10.3. The van der Waals surface area contributed by atoms with Crippen molar-refractivity contribution >= 4 is 34.6 Å². The molecule has 2 fully saturated rings. The molecule has 200 valence electrons. The number of nitrogens with zero attached hydrogens (tertiary/aromatic N) is 3. The molecule has 2 N–H and O–H groups in total. The van der Waals surface area contributed by atoms with Crippen molar-refractivity contribution in [1.82, 2.24) is 14.9 Å². The van der Waals surface area contributed by atoms with E-state index in [4.69, 9.17) is 17.2 Å². The van der Waals surface area contributed by atoms with Crippen LogP contribution in [0.2, 0.25) is 0 Å². The van der Waals surface area contributed by atoms with E-state index < -0.39 is 0 Å². The molecule has 1 aliphatic heterocycles. The molecule has 6 nitrogen and oxygen atoms in total. The Kier molecular flexibility index (Phi) is 7.57. The SMILES string of the molecule is Cc1cc(N2C(=S)N[C@@H](c3ccccn3)[C@@H]2c2cc(C)n(C3CCCCC3)c2C)ccc1NC(=O)C(C)C. The van der Waals surface area contributed by atoms with Gasteiger partial charge in [-0.25, -0.2) is 0 Å². The van der Waals surface area contributed by atoms with E-state index >= 15 is 0 Å². The largest absolute Gasteiger partial charge is 0.351 e. The molecule has 1 aromatic carbocycles. The van der Waals surface area contributed by atoms with Gasteiger partial charge in [0.1, 0.15) is 0 Å². The predicted molar refractivity (Wildman–Crippen MR) is 159 cm³/mol. The minimum absolute atomic E-state index is 0.0162. The monoisotopic (exact) mass is 529 g/mol. The average molecular weight is 530 g/mol. The van der Waals surface area contributed by atoms with Crippen molar-refractivity contribution < 1.29 is 4.79 Å². The molecule has 3 heterocycles. The summed E-state index contributed by atoms with van der Waals surface area (Å²) < 4.78 is 2.57. The number of aryl methyl sites for hydroxylation is 2. The van der Waals surface area contributed by atoms with Crippen LogP contribution in [0.4, 0.5) is 11.4 Å². The second-order valence-electron chi connectivity index (χ2n) is 11.1. The molecule has 3 aromatic rings. The van der Waals surface area contributed by atoms with E-state index in [0.717, 1.165) is 22.6 Å². The van der Waals surface area contributed by atoms with E-state index in [9.17, 15) is 4.79 Å². The van der Waals surface area contributed by atoms with Crippen LogP contribution in [0.15, 0.2) is 48.7 Å². The first-order valence-corrected chi connectivity index (χ1v) is 14.3. The van der Waals surface area contributed by atoms with Gasteiger partial charge < -0.3 is 20.1 Å². The number of amides is 1. The number of pyridine rings is 1. The van der Waals surface area contributed by atoms with Gasteiger partial charge in [-0.1, -0.05) is 39.2 Å². The summed E-state index contributed by atoms with van der Waals surface area (Å²) in [5.41, 5.74) is 7.73. The second kappa shape index (κ2) is 10.9. The molecule has 1 saturated heterocycles. The molecule has 1 aliphatic carbocycles. The summed E-state index contributed by atoms with van der Waals surface area (Å²) in [6.07, 6.45) is 8.27. The standard InChI is InChI=1S/C31H39N5OS/c1-19(2)30(37)33-26-15-14-24(17-20(26)3)36-29(28(34-31(36)38)27-13-9-10-16-32-27)25-18-21(4)35(22(25)5)23-11-7-6-8-12-23/h9-10,13-19,23,28-29H,6-8,11-12H2,1-5H3,(H,33,37)(H,34,38)/t28-,29-/m0/s1. The third-order valence-corrected chi connectivity index (χ3v) is 8.47. The Morgan fingerprint density at radius 2 is 1.84 bits per heavy atom. The number of thiocarbonyl (C=S) groups is 1. The maximum atomic E-state index is 12.3. The first-order valence-electron chi connectivity index (χ1n) is 13.9. The number of benzene rings is 1. The fraction of sp³-hybridized carbons (Fsp3) is 0.452. The number of hydrogen-bond donors (Lipinski definition) is 2. The van der Waals surface area contributed by atoms with E-state index in [-0.39, 0.29) is 23.9 Å². The lowest BCUT2D eigenvalue weighted by atomic mass is 9.94. The Hall–Kier alpha value is -3.19. The summed E-state index contributed by atoms with van der Waals surface area (Å²) in [7, 11) is 0. The molecule has 1 saturated carbocycles. The van der Waals surface area contributed by atoms with E-state index in [1.54, 1.807) is 0 Å². The molecule has 38 heavy (non-hydrogen) atoms. The highest BCUT2D eigenvalue weighted by Gasteiger charge is 2.42. The van der Waals surface area contributed by atoms with Crippen LogP contribution in [0, 0.1) is 26.7 Å². The van der Waals surface area contributed by atoms with Gasteiger partial charge in [0, 0.05) is 40.9 Å². The minimum Gasteiger partial charge on any atom is -0.351 e. The van der Waals surface area contributed by atoms with Gasteiger partial charge in [-0.05, 0) is 93.4 Å². The Morgan fingerprint density at radius 1 is 1.08 bits per heavy atom. The van der Waals surface area contributed by atoms with Crippen LogP contribution in [0.1, 0.15) is 92.3 Å². The number of nitrogens with one attached hydrogen (secondary N) is 2. The lowest BCUT2D eigenvalue weighted by Gasteiger charge is -2.30. The van der Waals surface area contributed by atoms with Crippen LogP contribution in [0.3, 0.4) is 0 Å². The van der Waals surface area contributed by atoms with Gasteiger partial charge in [-0.3, -0.25) is 9.78 Å². The van der Waals surface area contributed by atoms with Gasteiger partial charge in [0.25, 0.3) is 0 Å². The van der Waals surface area contributed by atoms with Crippen LogP contribution in [0.5, 0.6) is 0 Å². The van der Waals surface area contributed by atoms with Crippen molar-refractivity contribution in [3.05, 3.63) is 76.9 Å². The summed E-state index contributed by atoms with van der Waals surface area (Å²) in [4.78, 5) is 19.3. The van der Waals surface area contributed by atoms with Gasteiger partial charge in [0.2, 0.25) is 5.91 Å². The maximum absolute atomic E-state index is 12.3. The summed E-state index contributed by atoms with van der Waals surface area (Å²) in [5.74, 6) is -0.0604. The Morgan fingerprint density at radius 3 is 2.50 bits per heavy atom. The highest BCUT2D eigenvalue weighted by molar-refractivity contribution is 7.80. The zero-order valence-electron chi connectivity index (χ0n) is 23.1. The van der Waals surface area contributed by atoms with Crippen LogP contribution in [0.25, 0.3) is 0 Å². The molecule has 7 heteroatoms. The van der Waals surface area contributed by atoms with E-state index in [2.05, 4.69) is 58.2 Å². The predicted octanol–water partition coefficient (Wildman–Crippen LogP) is 7.09. The molecule has 0 unspecified atom stereocenters. The smallest absolute Gasteiger partial charge is 0.226 e. The Balaban J connectivity index is 1.58. The number of carbonyl (C=O) groups excluding carboxylic acids is 1. The Labute approximate surface area is 231 Å². The minimum atomic E-state index is -0.0790. The quantitative estimate of drug-likeness (QED) is 0.334. The van der Waals surface area contributed by atoms with E-state index in [0.29, 0.717) is 11.2 Å². The van der Waals surface area contributed by atoms with Crippen molar-refractivity contribution in [1.29, 1.82) is 0 Å². The number of aromatic nitrogens is 2. The maximum Gasteiger partial charge on any atom is 0.226 e. The molecular formula is C31H39N5OS. The summed E-state index contributed by atoms with van der Waals surface area (Å²) >= 11 is 5.98. The number of hydrogen-bond acceptors (Lipinski definition) is 3. The van der Waals surface area contributed by atoms with Gasteiger partial charge in [-0.15, -0.1) is 0 Å². The third-order valence-electron chi connectivity index (χ3n) is 8.15. The zero-order chi connectivity index (χ0) is 27.0. The molecular weight excluding hydrogens is 490 g/mol. The summed E-state index contributed by atoms with van der Waals surface area (Å²) in [5, 5.41) is 7.34. The molecule has 0 spiro atoms. The molecule has 0 bridgehead atoms. The highest BCUT2D eigenvalue weighted by Crippen LogP contribution is 2.45. The zero-order valence-corrected chi connectivity index (χ0v) is 23.9. The molecule has 2 aromatic heterocycles. The normalized spacial score (nSPS) is 20.2. The van der Waals surface area contributed by atoms with Crippen molar-refractivity contribution in [2.24, 2.45) is 5.92 Å². The van der Waals surface area contributed by atoms with Gasteiger partial charge >= 0.3 is 0 Å². The van der Waals surface area contributed by atoms with Crippen molar-refractivity contribution in [2.45, 2.75) is 84.8 Å². The summed E-state index contributed by atoms with van der Waals surface area (Å²) in [6, 6.07) is 15.0. The second-order valence-corrected chi connectivity index (χ2v) is 11.5. The average Bonchev–Trinajstić information content (AvgIpc) is 3.41. The number of rotatable bonds is 6. The van der Waals surface area contributed by atoms with Crippen LogP contribution >= 0.6 is 12.2 Å². The van der Waals surface area contributed by atoms with Crippen LogP contribution in [-0.4, -0.2) is 20.6 Å². The van der Waals surface area contributed by atoms with Crippen LogP contribution in [-0.2, 0) is 4.79 Å². The first kappa shape index (κ1) is 26.4. The number of anilines is 2. The molecule has 2 atom stereocenters. The van der Waals surface area contributed by atoms with Crippen molar-refractivity contribution in [3.63, 3.8) is 0 Å². The first-order chi connectivity index (χ1) is 18.3. The van der Waals surface area contributed by atoms with Crippen molar-refractivity contribution in [2.75, 3.05) is 10.2 Å². The van der Waals surface area contributed by atoms with Crippen LogP contribution < -0.4 is 15.5 Å². The lowest BCUT2D eigenvalue weighted by molar-refractivity contribution is -0.118. The van der Waals surface area contributed by atoms with Gasteiger partial charge in [-0.2, -0.15) is 0 Å². The van der Waals surface area contributed by atoms with Gasteiger partial charge in [0.15, 0.2) is 5.11 Å². The van der Waals surface area contributed by atoms with E-state index in [1.807, 2.05) is 45.2 Å². The third kappa shape index (κ3) is 4.96. The van der Waals surface area contributed by atoms with E-state index in [1.165, 1.54) is 49.1 Å². The van der Waals surface area contributed by atoms with Gasteiger partial charge in [0.05, 0.1) is 17.8 Å². The topological polar surface area (TPSA) is 62.2 Å². The highest BCUT2D eigenvalue weighted by atomic mass is 32.1. The fourth-order valence-corrected chi connectivity index (χ4v) is 6.51. The molecule has 0 radical (unpaired) electrons. The Bertz CT molecular complexity index is 1330. The number of carbonyl (C=O) groups is 1.